The van der Waals surface area contributed by atoms with Gasteiger partial charge in [-0.25, -0.2) is 0 Å². The molecule has 0 spiro atoms. The van der Waals surface area contributed by atoms with E-state index in [0.717, 1.165) is 36.7 Å². The molecule has 0 radical (unpaired) electrons. The van der Waals surface area contributed by atoms with Crippen molar-refractivity contribution in [3.63, 3.8) is 0 Å². The molecule has 4 nitrogen and oxygen atoms in total. The van der Waals surface area contributed by atoms with Crippen LogP contribution < -0.4 is 20.1 Å². The Hall–Kier alpha value is -2.36. The van der Waals surface area contributed by atoms with Crippen LogP contribution in [0, 0.1) is 0 Å². The van der Waals surface area contributed by atoms with Gasteiger partial charge in [-0.05, 0) is 48.4 Å². The largest absolute Gasteiger partial charge is 0.497 e. The lowest BCUT2D eigenvalue weighted by Crippen LogP contribution is -2.26. The minimum absolute atomic E-state index is 0.653. The maximum absolute atomic E-state index is 5.87. The molecule has 2 aromatic carbocycles. The van der Waals surface area contributed by atoms with Crippen LogP contribution in [-0.2, 0) is 6.42 Å². The standard InChI is InChI=1S/C17H20N2O2/c1-20-15-4-6-16(7-5-15)21-11-10-19-9-8-13-2-3-14(18)12-17(13)19/h2-7,12H,8-11,18H2,1H3. The van der Waals surface area contributed by atoms with Gasteiger partial charge in [0.05, 0.1) is 13.7 Å². The van der Waals surface area contributed by atoms with Gasteiger partial charge in [-0.3, -0.25) is 0 Å². The topological polar surface area (TPSA) is 47.7 Å². The summed E-state index contributed by atoms with van der Waals surface area (Å²) in [6, 6.07) is 13.8. The van der Waals surface area contributed by atoms with Crippen molar-refractivity contribution in [1.29, 1.82) is 0 Å². The first-order valence-corrected chi connectivity index (χ1v) is 7.16. The third kappa shape index (κ3) is 3.05. The normalized spacial score (nSPS) is 13.1. The fourth-order valence-electron chi connectivity index (χ4n) is 2.64. The number of benzene rings is 2. The molecule has 0 saturated heterocycles. The lowest BCUT2D eigenvalue weighted by atomic mass is 10.1. The molecule has 0 bridgehead atoms. The third-order valence-corrected chi connectivity index (χ3v) is 3.79. The number of nitrogens with two attached hydrogens (primary N) is 1. The van der Waals surface area contributed by atoms with Crippen LogP contribution in [0.25, 0.3) is 0 Å². The molecule has 0 aromatic heterocycles. The molecule has 0 unspecified atom stereocenters. The SMILES string of the molecule is COc1ccc(OCCN2CCc3ccc(N)cc32)cc1. The number of nitrogens with zero attached hydrogens (tertiary/aromatic N) is 1. The van der Waals surface area contributed by atoms with Crippen molar-refractivity contribution in [2.24, 2.45) is 0 Å². The van der Waals surface area contributed by atoms with Crippen LogP contribution in [0.1, 0.15) is 5.56 Å². The second-order valence-electron chi connectivity index (χ2n) is 5.15. The Morgan fingerprint density at radius 3 is 2.62 bits per heavy atom. The van der Waals surface area contributed by atoms with Crippen LogP contribution in [-0.4, -0.2) is 26.8 Å². The zero-order valence-corrected chi connectivity index (χ0v) is 12.2. The quantitative estimate of drug-likeness (QED) is 0.858. The van der Waals surface area contributed by atoms with E-state index in [1.165, 1.54) is 11.3 Å². The number of hydrogen-bond donors (Lipinski definition) is 1. The molecule has 2 N–H and O–H groups in total. The maximum Gasteiger partial charge on any atom is 0.119 e. The molecule has 0 saturated carbocycles. The summed E-state index contributed by atoms with van der Waals surface area (Å²) in [5.74, 6) is 1.70. The molecule has 0 atom stereocenters. The second-order valence-corrected chi connectivity index (χ2v) is 5.15. The molecular weight excluding hydrogens is 264 g/mol. The Bertz CT molecular complexity index is 611. The van der Waals surface area contributed by atoms with E-state index >= 15 is 0 Å². The zero-order chi connectivity index (χ0) is 14.7. The first-order valence-electron chi connectivity index (χ1n) is 7.16. The summed E-state index contributed by atoms with van der Waals surface area (Å²) < 4.78 is 10.9. The van der Waals surface area contributed by atoms with Gasteiger partial charge < -0.3 is 20.1 Å². The van der Waals surface area contributed by atoms with E-state index in [4.69, 9.17) is 15.2 Å². The molecule has 0 amide bonds. The molecule has 0 fully saturated rings. The van der Waals surface area contributed by atoms with E-state index < -0.39 is 0 Å². The van der Waals surface area contributed by atoms with E-state index in [0.29, 0.717) is 6.61 Å². The molecule has 4 heteroatoms. The molecule has 3 rings (SSSR count). The first kappa shape index (κ1) is 13.6. The molecule has 21 heavy (non-hydrogen) atoms. The highest BCUT2D eigenvalue weighted by Gasteiger charge is 2.18. The van der Waals surface area contributed by atoms with Gasteiger partial charge in [0.25, 0.3) is 0 Å². The number of hydrogen-bond acceptors (Lipinski definition) is 4. The summed E-state index contributed by atoms with van der Waals surface area (Å²) in [5, 5.41) is 0. The number of anilines is 2. The van der Waals surface area contributed by atoms with Crippen molar-refractivity contribution in [3.8, 4) is 11.5 Å². The monoisotopic (exact) mass is 284 g/mol. The molecule has 1 heterocycles. The average molecular weight is 284 g/mol. The summed E-state index contributed by atoms with van der Waals surface area (Å²) in [5.41, 5.74) is 9.30. The Kier molecular flexibility index (Phi) is 3.86. The molecular formula is C17H20N2O2. The van der Waals surface area contributed by atoms with Gasteiger partial charge in [0.15, 0.2) is 0 Å². The fourth-order valence-corrected chi connectivity index (χ4v) is 2.64. The van der Waals surface area contributed by atoms with Crippen LogP contribution in [0.2, 0.25) is 0 Å². The van der Waals surface area contributed by atoms with Gasteiger partial charge >= 0.3 is 0 Å². The van der Waals surface area contributed by atoms with Crippen molar-refractivity contribution >= 4 is 11.4 Å². The van der Waals surface area contributed by atoms with Gasteiger partial charge in [0.1, 0.15) is 18.1 Å². The highest BCUT2D eigenvalue weighted by Crippen LogP contribution is 2.29. The Labute approximate surface area is 125 Å². The minimum atomic E-state index is 0.653. The Balaban J connectivity index is 1.56. The number of nitrogen functional groups attached to an aromatic ring is 1. The second kappa shape index (κ2) is 5.95. The Morgan fingerprint density at radius 2 is 1.86 bits per heavy atom. The van der Waals surface area contributed by atoms with E-state index in [1.807, 2.05) is 30.3 Å². The van der Waals surface area contributed by atoms with E-state index in [-0.39, 0.29) is 0 Å². The summed E-state index contributed by atoms with van der Waals surface area (Å²) in [6.45, 7) is 2.55. The summed E-state index contributed by atoms with van der Waals surface area (Å²) in [4.78, 5) is 2.33. The molecule has 110 valence electrons. The summed E-state index contributed by atoms with van der Waals surface area (Å²) in [7, 11) is 1.66. The van der Waals surface area contributed by atoms with Crippen molar-refractivity contribution in [2.45, 2.75) is 6.42 Å². The van der Waals surface area contributed by atoms with E-state index in [1.54, 1.807) is 7.11 Å². The molecule has 2 aromatic rings. The van der Waals surface area contributed by atoms with Crippen LogP contribution >= 0.6 is 0 Å². The number of rotatable bonds is 5. The van der Waals surface area contributed by atoms with Crippen molar-refractivity contribution < 1.29 is 9.47 Å². The van der Waals surface area contributed by atoms with Crippen molar-refractivity contribution in [3.05, 3.63) is 48.0 Å². The lowest BCUT2D eigenvalue weighted by Gasteiger charge is -2.20. The van der Waals surface area contributed by atoms with Crippen LogP contribution in [0.5, 0.6) is 11.5 Å². The fraction of sp³-hybridized carbons (Fsp3) is 0.294. The lowest BCUT2D eigenvalue weighted by molar-refractivity contribution is 0.323. The maximum atomic E-state index is 5.87. The third-order valence-electron chi connectivity index (χ3n) is 3.79. The summed E-state index contributed by atoms with van der Waals surface area (Å²) in [6.07, 6.45) is 1.08. The zero-order valence-electron chi connectivity index (χ0n) is 12.2. The molecule has 1 aliphatic heterocycles. The van der Waals surface area contributed by atoms with Crippen LogP contribution in [0.4, 0.5) is 11.4 Å². The highest BCUT2D eigenvalue weighted by atomic mass is 16.5. The highest BCUT2D eigenvalue weighted by molar-refractivity contribution is 5.64. The smallest absolute Gasteiger partial charge is 0.119 e. The van der Waals surface area contributed by atoms with Gasteiger partial charge in [-0.2, -0.15) is 0 Å². The van der Waals surface area contributed by atoms with Gasteiger partial charge in [0, 0.05) is 17.9 Å². The number of ether oxygens (including phenoxy) is 2. The predicted molar refractivity (Wildman–Crippen MR) is 85.3 cm³/mol. The van der Waals surface area contributed by atoms with Crippen LogP contribution in [0.15, 0.2) is 42.5 Å². The average Bonchev–Trinajstić information content (AvgIpc) is 2.90. The van der Waals surface area contributed by atoms with Gasteiger partial charge in [-0.15, -0.1) is 0 Å². The molecule has 0 aliphatic carbocycles. The van der Waals surface area contributed by atoms with Gasteiger partial charge in [0.2, 0.25) is 0 Å². The summed E-state index contributed by atoms with van der Waals surface area (Å²) >= 11 is 0. The van der Waals surface area contributed by atoms with E-state index in [9.17, 15) is 0 Å². The van der Waals surface area contributed by atoms with Gasteiger partial charge in [-0.1, -0.05) is 6.07 Å². The Morgan fingerprint density at radius 1 is 1.10 bits per heavy atom. The minimum Gasteiger partial charge on any atom is -0.497 e. The molecule has 1 aliphatic rings. The van der Waals surface area contributed by atoms with Crippen molar-refractivity contribution in [2.75, 3.05) is 37.4 Å². The number of fused-ring (bicyclic) bond motifs is 1. The van der Waals surface area contributed by atoms with Crippen LogP contribution in [0.3, 0.4) is 0 Å². The predicted octanol–water partition coefficient (Wildman–Crippen LogP) is 2.72. The first-order chi connectivity index (χ1) is 10.3. The number of methoxy groups -OCH3 is 1. The van der Waals surface area contributed by atoms with E-state index in [2.05, 4.69) is 17.0 Å². The van der Waals surface area contributed by atoms with Crippen molar-refractivity contribution in [1.82, 2.24) is 0 Å².